The Bertz CT molecular complexity index is 916. The van der Waals surface area contributed by atoms with Crippen LogP contribution in [-0.2, 0) is 32.7 Å². The van der Waals surface area contributed by atoms with Crippen molar-refractivity contribution in [1.29, 1.82) is 0 Å². The van der Waals surface area contributed by atoms with Gasteiger partial charge in [0.1, 0.15) is 24.6 Å². The standard InChI is InChI=1S/C30H65N2O13P3/c1-4-5-6-7-8-9-10-11-12-13-14-15-16-17-18-19-21-32(2,3)22-20-29(33)31-30(23-43-26-46(34,35)36,24-44-27-47(37,38)39)25-45-28-48(40,41)42/h4-28H2,1-3H3,(H6-,31,33,34,35,36,37,38,39,40,41,42)/p+1. The van der Waals surface area contributed by atoms with E-state index in [9.17, 15) is 47.9 Å². The lowest BCUT2D eigenvalue weighted by Gasteiger charge is -2.35. The summed E-state index contributed by atoms with van der Waals surface area (Å²) in [5.74, 6) is -0.535. The van der Waals surface area contributed by atoms with Gasteiger partial charge in [0.15, 0.2) is 0 Å². The lowest BCUT2D eigenvalue weighted by Crippen LogP contribution is -2.59. The molecule has 0 rings (SSSR count). The second-order valence-corrected chi connectivity index (χ2v) is 18.5. The van der Waals surface area contributed by atoms with E-state index in [2.05, 4.69) is 12.2 Å². The van der Waals surface area contributed by atoms with Crippen LogP contribution < -0.4 is 5.32 Å². The zero-order chi connectivity index (χ0) is 36.6. The fourth-order valence-corrected chi connectivity index (χ4v) is 6.26. The Kier molecular flexibility index (Phi) is 25.5. The molecule has 288 valence electrons. The number of rotatable bonds is 33. The van der Waals surface area contributed by atoms with E-state index in [-0.39, 0.29) is 6.42 Å². The van der Waals surface area contributed by atoms with Crippen LogP contribution >= 0.6 is 22.8 Å². The van der Waals surface area contributed by atoms with Gasteiger partial charge in [0, 0.05) is 0 Å². The molecule has 0 saturated carbocycles. The van der Waals surface area contributed by atoms with Crippen molar-refractivity contribution in [2.45, 2.75) is 122 Å². The Balaban J connectivity index is 4.69. The first-order valence-electron chi connectivity index (χ1n) is 17.3. The number of nitrogens with one attached hydrogen (secondary N) is 1. The Morgan fingerprint density at radius 3 is 1.19 bits per heavy atom. The van der Waals surface area contributed by atoms with Crippen LogP contribution in [0.4, 0.5) is 0 Å². The molecule has 0 radical (unpaired) electrons. The highest BCUT2D eigenvalue weighted by Crippen LogP contribution is 2.37. The van der Waals surface area contributed by atoms with Crippen LogP contribution in [0.1, 0.15) is 116 Å². The molecule has 0 aromatic heterocycles. The van der Waals surface area contributed by atoms with Gasteiger partial charge in [0.2, 0.25) is 5.91 Å². The van der Waals surface area contributed by atoms with E-state index in [1.165, 1.54) is 89.9 Å². The Hall–Kier alpha value is -0.240. The number of hydrogen-bond acceptors (Lipinski definition) is 7. The zero-order valence-corrected chi connectivity index (χ0v) is 32.2. The number of hydrogen-bond donors (Lipinski definition) is 7. The normalized spacial score (nSPS) is 13.3. The summed E-state index contributed by atoms with van der Waals surface area (Å²) < 4.78 is 49.7. The summed E-state index contributed by atoms with van der Waals surface area (Å²) in [6.45, 7) is 1.63. The van der Waals surface area contributed by atoms with E-state index in [1.807, 2.05) is 14.1 Å². The molecule has 0 atom stereocenters. The van der Waals surface area contributed by atoms with E-state index in [0.29, 0.717) is 11.0 Å². The number of nitrogens with zero attached hydrogens (tertiary/aromatic N) is 1. The average molecular weight is 756 g/mol. The van der Waals surface area contributed by atoms with E-state index >= 15 is 0 Å². The van der Waals surface area contributed by atoms with E-state index in [0.717, 1.165) is 19.4 Å². The maximum absolute atomic E-state index is 13.1. The highest BCUT2D eigenvalue weighted by atomic mass is 31.2. The van der Waals surface area contributed by atoms with E-state index in [4.69, 9.17) is 14.2 Å². The van der Waals surface area contributed by atoms with Gasteiger partial charge in [-0.05, 0) is 12.8 Å². The summed E-state index contributed by atoms with van der Waals surface area (Å²) in [4.78, 5) is 68.1. The Morgan fingerprint density at radius 1 is 0.562 bits per heavy atom. The average Bonchev–Trinajstić information content (AvgIpc) is 2.94. The molecule has 0 aromatic rings. The first-order chi connectivity index (χ1) is 22.3. The second kappa shape index (κ2) is 25.7. The molecule has 18 heteroatoms. The number of carbonyl (C=O) groups is 1. The Morgan fingerprint density at radius 2 is 0.875 bits per heavy atom. The monoisotopic (exact) mass is 755 g/mol. The lowest BCUT2D eigenvalue weighted by atomic mass is 10.0. The van der Waals surface area contributed by atoms with Crippen LogP contribution in [0.2, 0.25) is 0 Å². The number of carbonyl (C=O) groups excluding carboxylic acids is 1. The molecule has 0 fully saturated rings. The molecule has 0 heterocycles. The maximum Gasteiger partial charge on any atom is 0.350 e. The number of ether oxygens (including phenoxy) is 3. The predicted molar refractivity (Wildman–Crippen MR) is 185 cm³/mol. The van der Waals surface area contributed by atoms with Crippen LogP contribution in [0.25, 0.3) is 0 Å². The molecule has 0 bridgehead atoms. The molecule has 1 amide bonds. The quantitative estimate of drug-likeness (QED) is 0.0265. The van der Waals surface area contributed by atoms with Gasteiger partial charge in [-0.2, -0.15) is 0 Å². The van der Waals surface area contributed by atoms with Crippen molar-refractivity contribution >= 4 is 28.7 Å². The summed E-state index contributed by atoms with van der Waals surface area (Å²) in [5.41, 5.74) is -1.76. The van der Waals surface area contributed by atoms with E-state index in [1.54, 1.807) is 0 Å². The molecule has 0 aliphatic rings. The zero-order valence-electron chi connectivity index (χ0n) is 29.5. The summed E-state index contributed by atoms with van der Waals surface area (Å²) in [6.07, 6.45) is 17.4. The third-order valence-corrected chi connectivity index (χ3v) is 9.44. The third kappa shape index (κ3) is 31.7. The molecular weight excluding hydrogens is 689 g/mol. The SMILES string of the molecule is CCCCCCCCCCCCCCCCCC[N+](C)(C)CCC(=O)NC(COCP(=O)(O)O)(COCP(=O)(O)O)COCP(=O)(O)O. The van der Waals surface area contributed by atoms with Crippen molar-refractivity contribution in [3.63, 3.8) is 0 Å². The number of unbranched alkanes of at least 4 members (excludes halogenated alkanes) is 15. The van der Waals surface area contributed by atoms with Crippen LogP contribution in [-0.4, -0.2) is 111 Å². The molecule has 48 heavy (non-hydrogen) atoms. The predicted octanol–water partition coefficient (Wildman–Crippen LogP) is 5.02. The van der Waals surface area contributed by atoms with Crippen molar-refractivity contribution in [2.75, 3.05) is 66.0 Å². The number of quaternary nitrogens is 1. The molecule has 15 nitrogen and oxygen atoms in total. The highest BCUT2D eigenvalue weighted by molar-refractivity contribution is 7.52. The molecule has 0 aliphatic carbocycles. The minimum absolute atomic E-state index is 0.0170. The largest absolute Gasteiger partial charge is 0.366 e. The minimum Gasteiger partial charge on any atom is -0.366 e. The lowest BCUT2D eigenvalue weighted by molar-refractivity contribution is -0.890. The second-order valence-electron chi connectivity index (χ2n) is 13.7. The molecule has 0 unspecified atom stereocenters. The van der Waals surface area contributed by atoms with Crippen LogP contribution in [0.15, 0.2) is 0 Å². The third-order valence-electron chi connectivity index (χ3n) is 7.88. The fraction of sp³-hybridized carbons (Fsp3) is 0.967. The van der Waals surface area contributed by atoms with Gasteiger partial charge in [0.25, 0.3) is 0 Å². The summed E-state index contributed by atoms with van der Waals surface area (Å²) in [5, 5.41) is 2.60. The Labute approximate surface area is 287 Å². The van der Waals surface area contributed by atoms with Crippen LogP contribution in [0.5, 0.6) is 0 Å². The summed E-state index contributed by atoms with van der Waals surface area (Å²) in [6, 6.07) is 0. The van der Waals surface area contributed by atoms with Gasteiger partial charge in [-0.15, -0.1) is 0 Å². The van der Waals surface area contributed by atoms with Crippen molar-refractivity contribution in [3.8, 4) is 0 Å². The van der Waals surface area contributed by atoms with E-state index < -0.39 is 73.1 Å². The van der Waals surface area contributed by atoms with Crippen LogP contribution in [0.3, 0.4) is 0 Å². The number of amides is 1. The molecule has 0 aliphatic heterocycles. The highest BCUT2D eigenvalue weighted by Gasteiger charge is 2.36. The molecule has 0 spiro atoms. The van der Waals surface area contributed by atoms with Crippen LogP contribution in [0, 0.1) is 0 Å². The fourth-order valence-electron chi connectivity index (χ4n) is 5.28. The van der Waals surface area contributed by atoms with Crippen molar-refractivity contribution in [3.05, 3.63) is 0 Å². The van der Waals surface area contributed by atoms with Gasteiger partial charge in [0.05, 0.1) is 53.4 Å². The van der Waals surface area contributed by atoms with Gasteiger partial charge < -0.3 is 53.4 Å². The smallest absolute Gasteiger partial charge is 0.350 e. The molecular formula is C30H66N2O13P3+. The van der Waals surface area contributed by atoms with Crippen molar-refractivity contribution < 1.29 is 66.5 Å². The summed E-state index contributed by atoms with van der Waals surface area (Å²) >= 11 is 0. The minimum atomic E-state index is -4.63. The molecule has 0 aromatic carbocycles. The van der Waals surface area contributed by atoms with Crippen molar-refractivity contribution in [2.24, 2.45) is 0 Å². The first kappa shape index (κ1) is 47.8. The van der Waals surface area contributed by atoms with Gasteiger partial charge >= 0.3 is 22.8 Å². The topological polar surface area (TPSA) is 229 Å². The van der Waals surface area contributed by atoms with Gasteiger partial charge in [-0.1, -0.05) is 96.8 Å². The summed E-state index contributed by atoms with van der Waals surface area (Å²) in [7, 11) is -9.88. The van der Waals surface area contributed by atoms with Crippen molar-refractivity contribution in [1.82, 2.24) is 5.32 Å². The molecule has 0 saturated heterocycles. The maximum atomic E-state index is 13.1. The van der Waals surface area contributed by atoms with Gasteiger partial charge in [-0.3, -0.25) is 18.5 Å². The molecule has 7 N–H and O–H groups in total. The first-order valence-corrected chi connectivity index (χ1v) is 22.7. The van der Waals surface area contributed by atoms with Gasteiger partial charge in [-0.25, -0.2) is 0 Å².